The summed E-state index contributed by atoms with van der Waals surface area (Å²) in [5.74, 6) is 1.95. The van der Waals surface area contributed by atoms with E-state index < -0.39 is 12.4 Å². The summed E-state index contributed by atoms with van der Waals surface area (Å²) in [5.41, 5.74) is 0.932. The highest BCUT2D eigenvalue weighted by atomic mass is 19.3. The number of rotatable bonds is 13. The van der Waals surface area contributed by atoms with Crippen molar-refractivity contribution in [2.45, 2.75) is 129 Å². The summed E-state index contributed by atoms with van der Waals surface area (Å²) in [5, 5.41) is 0. The minimum absolute atomic E-state index is 0.342. The number of hydrogen-bond donors (Lipinski definition) is 0. The molecule has 1 nitrogen and oxygen atoms in total. The van der Waals surface area contributed by atoms with Gasteiger partial charge in [0.05, 0.1) is 0 Å². The second-order valence-electron chi connectivity index (χ2n) is 10.7. The third-order valence-corrected chi connectivity index (χ3v) is 8.44. The van der Waals surface area contributed by atoms with Crippen molar-refractivity contribution in [1.82, 2.24) is 0 Å². The van der Waals surface area contributed by atoms with Crippen LogP contribution in [0.2, 0.25) is 0 Å². The molecule has 0 heterocycles. The zero-order chi connectivity index (χ0) is 23.5. The summed E-state index contributed by atoms with van der Waals surface area (Å²) < 4.78 is 43.0. The molecule has 2 aliphatic rings. The lowest BCUT2D eigenvalue weighted by Crippen LogP contribution is -2.25. The first-order valence-electron chi connectivity index (χ1n) is 13.8. The molecule has 188 valence electrons. The molecule has 0 N–H and O–H groups in total. The zero-order valence-electron chi connectivity index (χ0n) is 20.7. The van der Waals surface area contributed by atoms with Crippen LogP contribution < -0.4 is 4.74 Å². The molecule has 2 aliphatic carbocycles. The van der Waals surface area contributed by atoms with Gasteiger partial charge in [-0.1, -0.05) is 83.6 Å². The minimum atomic E-state index is -2.99. The van der Waals surface area contributed by atoms with Crippen molar-refractivity contribution in [3.8, 4) is 5.75 Å². The SMILES string of the molecule is CCCCCCCCCC[C@H]1CC[C@H]([C@H]2CC[C@H](c3ccc(OC(F)F)c(F)c3)CC2)CC1. The molecular weight excluding hydrogens is 421 g/mol. The van der Waals surface area contributed by atoms with Crippen molar-refractivity contribution in [3.63, 3.8) is 0 Å². The van der Waals surface area contributed by atoms with Crippen molar-refractivity contribution < 1.29 is 17.9 Å². The molecule has 1 aromatic carbocycles. The topological polar surface area (TPSA) is 9.23 Å². The Balaban J connectivity index is 1.30. The number of hydrogen-bond acceptors (Lipinski definition) is 1. The van der Waals surface area contributed by atoms with Gasteiger partial charge in [0.25, 0.3) is 0 Å². The van der Waals surface area contributed by atoms with Crippen LogP contribution in [-0.2, 0) is 0 Å². The quantitative estimate of drug-likeness (QED) is 0.263. The third-order valence-electron chi connectivity index (χ3n) is 8.44. The normalized spacial score (nSPS) is 26.0. The molecule has 0 atom stereocenters. The number of unbranched alkanes of at least 4 members (excludes halogenated alkanes) is 7. The van der Waals surface area contributed by atoms with E-state index in [2.05, 4.69) is 11.7 Å². The second-order valence-corrected chi connectivity index (χ2v) is 10.7. The van der Waals surface area contributed by atoms with Crippen LogP contribution in [-0.4, -0.2) is 6.61 Å². The Labute approximate surface area is 199 Å². The molecule has 33 heavy (non-hydrogen) atoms. The van der Waals surface area contributed by atoms with Gasteiger partial charge < -0.3 is 4.74 Å². The van der Waals surface area contributed by atoms with Crippen LogP contribution >= 0.6 is 0 Å². The van der Waals surface area contributed by atoms with Gasteiger partial charge in [-0.15, -0.1) is 0 Å². The van der Waals surface area contributed by atoms with Crippen LogP contribution in [0, 0.1) is 23.6 Å². The monoisotopic (exact) mass is 466 g/mol. The van der Waals surface area contributed by atoms with Crippen molar-refractivity contribution in [2.24, 2.45) is 17.8 Å². The van der Waals surface area contributed by atoms with Gasteiger partial charge in [-0.05, 0) is 79.9 Å². The lowest BCUT2D eigenvalue weighted by molar-refractivity contribution is -0.0522. The molecule has 0 aliphatic heterocycles. The zero-order valence-corrected chi connectivity index (χ0v) is 20.7. The van der Waals surface area contributed by atoms with E-state index in [1.54, 1.807) is 6.07 Å². The van der Waals surface area contributed by atoms with E-state index >= 15 is 0 Å². The number of halogens is 3. The first-order chi connectivity index (χ1) is 16.1. The van der Waals surface area contributed by atoms with E-state index in [0.717, 1.165) is 36.2 Å². The molecule has 0 radical (unpaired) electrons. The van der Waals surface area contributed by atoms with Crippen LogP contribution in [0.1, 0.15) is 128 Å². The molecular formula is C29H45F3O. The Hall–Kier alpha value is -1.19. The molecule has 0 aromatic heterocycles. The fraction of sp³-hybridized carbons (Fsp3) is 0.793. The van der Waals surface area contributed by atoms with Gasteiger partial charge in [0.15, 0.2) is 11.6 Å². The van der Waals surface area contributed by atoms with Crippen LogP contribution in [0.4, 0.5) is 13.2 Å². The highest BCUT2D eigenvalue weighted by molar-refractivity contribution is 5.31. The fourth-order valence-electron chi connectivity index (χ4n) is 6.40. The average Bonchev–Trinajstić information content (AvgIpc) is 2.82. The van der Waals surface area contributed by atoms with Gasteiger partial charge in [0, 0.05) is 0 Å². The maximum absolute atomic E-state index is 14.1. The maximum Gasteiger partial charge on any atom is 0.387 e. The van der Waals surface area contributed by atoms with E-state index in [4.69, 9.17) is 0 Å². The highest BCUT2D eigenvalue weighted by Crippen LogP contribution is 2.45. The molecule has 0 spiro atoms. The van der Waals surface area contributed by atoms with Gasteiger partial charge in [-0.25, -0.2) is 4.39 Å². The molecule has 2 saturated carbocycles. The molecule has 0 unspecified atom stereocenters. The molecule has 4 heteroatoms. The van der Waals surface area contributed by atoms with Crippen molar-refractivity contribution in [1.29, 1.82) is 0 Å². The summed E-state index contributed by atoms with van der Waals surface area (Å²) in [6.07, 6.45) is 22.9. The summed E-state index contributed by atoms with van der Waals surface area (Å²) in [4.78, 5) is 0. The van der Waals surface area contributed by atoms with E-state index in [9.17, 15) is 13.2 Å². The molecule has 2 fully saturated rings. The number of alkyl halides is 2. The summed E-state index contributed by atoms with van der Waals surface area (Å²) in [6, 6.07) is 4.53. The van der Waals surface area contributed by atoms with E-state index in [0.29, 0.717) is 5.92 Å². The highest BCUT2D eigenvalue weighted by Gasteiger charge is 2.31. The van der Waals surface area contributed by atoms with E-state index in [1.807, 2.05) is 0 Å². The largest absolute Gasteiger partial charge is 0.432 e. The molecule has 0 amide bonds. The van der Waals surface area contributed by atoms with Crippen molar-refractivity contribution >= 4 is 0 Å². The third kappa shape index (κ3) is 8.83. The summed E-state index contributed by atoms with van der Waals surface area (Å²) in [7, 11) is 0. The summed E-state index contributed by atoms with van der Waals surface area (Å²) in [6.45, 7) is -0.711. The van der Waals surface area contributed by atoms with Crippen LogP contribution in [0.25, 0.3) is 0 Å². The Morgan fingerprint density at radius 3 is 1.94 bits per heavy atom. The predicted molar refractivity (Wildman–Crippen MR) is 130 cm³/mol. The molecule has 3 rings (SSSR count). The van der Waals surface area contributed by atoms with E-state index in [-0.39, 0.29) is 5.75 Å². The minimum Gasteiger partial charge on any atom is -0.432 e. The number of ether oxygens (including phenoxy) is 1. The van der Waals surface area contributed by atoms with Gasteiger partial charge in [-0.3, -0.25) is 0 Å². The first kappa shape index (κ1) is 26.4. The van der Waals surface area contributed by atoms with Gasteiger partial charge in [-0.2, -0.15) is 8.78 Å². The Bertz CT molecular complexity index is 661. The smallest absolute Gasteiger partial charge is 0.387 e. The molecule has 1 aromatic rings. The summed E-state index contributed by atoms with van der Waals surface area (Å²) >= 11 is 0. The fourth-order valence-corrected chi connectivity index (χ4v) is 6.40. The Morgan fingerprint density at radius 2 is 1.36 bits per heavy atom. The maximum atomic E-state index is 14.1. The number of benzene rings is 1. The molecule has 0 saturated heterocycles. The van der Waals surface area contributed by atoms with Crippen LogP contribution in [0.3, 0.4) is 0 Å². The van der Waals surface area contributed by atoms with Crippen LogP contribution in [0.15, 0.2) is 18.2 Å². The van der Waals surface area contributed by atoms with Crippen LogP contribution in [0.5, 0.6) is 5.75 Å². The Kier molecular flexibility index (Phi) is 11.4. The Morgan fingerprint density at radius 1 is 0.788 bits per heavy atom. The van der Waals surface area contributed by atoms with Crippen molar-refractivity contribution in [3.05, 3.63) is 29.6 Å². The predicted octanol–water partition coefficient (Wildman–Crippen LogP) is 10.0. The lowest BCUT2D eigenvalue weighted by atomic mass is 9.68. The first-order valence-corrected chi connectivity index (χ1v) is 13.8. The van der Waals surface area contributed by atoms with Gasteiger partial charge in [0.1, 0.15) is 0 Å². The van der Waals surface area contributed by atoms with Gasteiger partial charge >= 0.3 is 6.61 Å². The lowest BCUT2D eigenvalue weighted by Gasteiger charge is -2.38. The standard InChI is InChI=1S/C29H45F3O/c1-2-3-4-5-6-7-8-9-10-22-11-13-23(14-12-22)24-15-17-25(18-16-24)26-19-20-28(27(30)21-26)33-29(31)32/h19-25,29H,2-18H2,1H3/t22-,23-,24-,25-. The molecule has 0 bridgehead atoms. The van der Waals surface area contributed by atoms with Crippen molar-refractivity contribution in [2.75, 3.05) is 0 Å². The second kappa shape index (κ2) is 14.3. The van der Waals surface area contributed by atoms with Gasteiger partial charge in [0.2, 0.25) is 0 Å². The average molecular weight is 467 g/mol. The van der Waals surface area contributed by atoms with E-state index in [1.165, 1.54) is 108 Å².